The molecule has 3 nitrogen and oxygen atoms in total. The molecule has 0 aliphatic rings. The molecule has 1 N–H and O–H groups in total. The van der Waals surface area contributed by atoms with Crippen LogP contribution in [0.3, 0.4) is 0 Å². The van der Waals surface area contributed by atoms with Crippen molar-refractivity contribution in [1.82, 2.24) is 5.32 Å². The van der Waals surface area contributed by atoms with E-state index < -0.39 is 0 Å². The van der Waals surface area contributed by atoms with E-state index in [2.05, 4.69) is 32.0 Å². The fourth-order valence-electron chi connectivity index (χ4n) is 1.35. The van der Waals surface area contributed by atoms with Gasteiger partial charge in [0.1, 0.15) is 6.04 Å². The number of esters is 1. The zero-order chi connectivity index (χ0) is 12.1. The van der Waals surface area contributed by atoms with Crippen LogP contribution in [0.15, 0.2) is 22.7 Å². The Kier molecular flexibility index (Phi) is 4.96. The fourth-order valence-corrected chi connectivity index (χ4v) is 1.59. The second kappa shape index (κ2) is 6.01. The van der Waals surface area contributed by atoms with Crippen molar-refractivity contribution in [2.24, 2.45) is 0 Å². The van der Waals surface area contributed by atoms with Crippen molar-refractivity contribution in [1.29, 1.82) is 0 Å². The Morgan fingerprint density at radius 1 is 1.56 bits per heavy atom. The van der Waals surface area contributed by atoms with Crippen LogP contribution in [-0.2, 0) is 16.1 Å². The number of rotatable bonds is 4. The molecule has 4 heteroatoms. The van der Waals surface area contributed by atoms with Gasteiger partial charge < -0.3 is 10.1 Å². The molecule has 0 saturated heterocycles. The first-order valence-electron chi connectivity index (χ1n) is 5.11. The number of halogens is 1. The molecule has 0 aliphatic heterocycles. The zero-order valence-electron chi connectivity index (χ0n) is 9.71. The Bertz CT molecular complexity index is 379. The third-order valence-corrected chi connectivity index (χ3v) is 3.28. The van der Waals surface area contributed by atoms with E-state index in [9.17, 15) is 4.79 Å². The predicted molar refractivity (Wildman–Crippen MR) is 67.2 cm³/mol. The number of nitrogens with one attached hydrogen (secondary N) is 1. The van der Waals surface area contributed by atoms with Crippen LogP contribution in [0.25, 0.3) is 0 Å². The molecule has 88 valence electrons. The molecule has 1 aromatic rings. The van der Waals surface area contributed by atoms with Gasteiger partial charge in [0.2, 0.25) is 0 Å². The summed E-state index contributed by atoms with van der Waals surface area (Å²) in [5, 5.41) is 3.11. The first-order chi connectivity index (χ1) is 7.54. The minimum atomic E-state index is -0.283. The maximum absolute atomic E-state index is 11.2. The van der Waals surface area contributed by atoms with E-state index in [1.165, 1.54) is 12.7 Å². The Labute approximate surface area is 104 Å². The highest BCUT2D eigenvalue weighted by atomic mass is 79.9. The lowest BCUT2D eigenvalue weighted by Gasteiger charge is -2.11. The molecule has 0 spiro atoms. The summed E-state index contributed by atoms with van der Waals surface area (Å²) >= 11 is 3.45. The first-order valence-corrected chi connectivity index (χ1v) is 5.90. The molecule has 0 heterocycles. The van der Waals surface area contributed by atoms with Gasteiger partial charge in [0.05, 0.1) is 7.11 Å². The molecule has 0 aliphatic carbocycles. The largest absolute Gasteiger partial charge is 0.468 e. The van der Waals surface area contributed by atoms with Crippen molar-refractivity contribution in [3.05, 3.63) is 33.8 Å². The molecular weight excluding hydrogens is 270 g/mol. The van der Waals surface area contributed by atoms with Crippen LogP contribution in [-0.4, -0.2) is 19.1 Å². The summed E-state index contributed by atoms with van der Waals surface area (Å²) in [6.45, 7) is 4.49. The maximum atomic E-state index is 11.2. The van der Waals surface area contributed by atoms with Crippen molar-refractivity contribution in [3.8, 4) is 0 Å². The van der Waals surface area contributed by atoms with Crippen LogP contribution in [0, 0.1) is 6.92 Å². The molecular formula is C12H16BrNO2. The average Bonchev–Trinajstić information content (AvgIpc) is 2.29. The standard InChI is InChI=1S/C12H16BrNO2/c1-8-6-10(4-5-11(8)13)7-14-9(2)12(15)16-3/h4-6,9,14H,7H2,1-3H3. The van der Waals surface area contributed by atoms with E-state index in [-0.39, 0.29) is 12.0 Å². The van der Waals surface area contributed by atoms with Crippen molar-refractivity contribution >= 4 is 21.9 Å². The topological polar surface area (TPSA) is 38.3 Å². The van der Waals surface area contributed by atoms with E-state index in [0.717, 1.165) is 10.0 Å². The normalized spacial score (nSPS) is 12.2. The van der Waals surface area contributed by atoms with Gasteiger partial charge in [0.15, 0.2) is 0 Å². The summed E-state index contributed by atoms with van der Waals surface area (Å²) in [5.74, 6) is -0.242. The summed E-state index contributed by atoms with van der Waals surface area (Å²) in [6, 6.07) is 5.83. The maximum Gasteiger partial charge on any atom is 0.322 e. The van der Waals surface area contributed by atoms with Crippen LogP contribution in [0.5, 0.6) is 0 Å². The van der Waals surface area contributed by atoms with Crippen molar-refractivity contribution in [2.45, 2.75) is 26.4 Å². The van der Waals surface area contributed by atoms with E-state index in [0.29, 0.717) is 6.54 Å². The lowest BCUT2D eigenvalue weighted by molar-refractivity contribution is -0.142. The fraction of sp³-hybridized carbons (Fsp3) is 0.417. The van der Waals surface area contributed by atoms with E-state index >= 15 is 0 Å². The Morgan fingerprint density at radius 2 is 2.25 bits per heavy atom. The first kappa shape index (κ1) is 13.2. The highest BCUT2D eigenvalue weighted by Crippen LogP contribution is 2.16. The number of benzene rings is 1. The summed E-state index contributed by atoms with van der Waals surface area (Å²) in [4.78, 5) is 11.2. The Balaban J connectivity index is 2.55. The second-order valence-corrected chi connectivity index (χ2v) is 4.56. The van der Waals surface area contributed by atoms with Gasteiger partial charge >= 0.3 is 5.97 Å². The van der Waals surface area contributed by atoms with Gasteiger partial charge in [-0.05, 0) is 31.0 Å². The minimum absolute atomic E-state index is 0.242. The lowest BCUT2D eigenvalue weighted by Crippen LogP contribution is -2.34. The molecule has 1 unspecified atom stereocenters. The number of hydrogen-bond acceptors (Lipinski definition) is 3. The molecule has 0 fully saturated rings. The van der Waals surface area contributed by atoms with Crippen LogP contribution in [0.2, 0.25) is 0 Å². The van der Waals surface area contributed by atoms with E-state index in [1.54, 1.807) is 6.92 Å². The van der Waals surface area contributed by atoms with Gasteiger partial charge in [0, 0.05) is 11.0 Å². The minimum Gasteiger partial charge on any atom is -0.468 e. The molecule has 0 aromatic heterocycles. The van der Waals surface area contributed by atoms with E-state index in [1.807, 2.05) is 19.1 Å². The SMILES string of the molecule is COC(=O)C(C)NCc1ccc(Br)c(C)c1. The summed E-state index contributed by atoms with van der Waals surface area (Å²) in [6.07, 6.45) is 0. The number of methoxy groups -OCH3 is 1. The molecule has 0 radical (unpaired) electrons. The average molecular weight is 286 g/mol. The summed E-state index contributed by atoms with van der Waals surface area (Å²) in [7, 11) is 1.39. The number of carbonyl (C=O) groups is 1. The molecule has 1 atom stereocenters. The zero-order valence-corrected chi connectivity index (χ0v) is 11.3. The Morgan fingerprint density at radius 3 is 2.81 bits per heavy atom. The lowest BCUT2D eigenvalue weighted by atomic mass is 10.1. The smallest absolute Gasteiger partial charge is 0.322 e. The van der Waals surface area contributed by atoms with Crippen molar-refractivity contribution in [2.75, 3.05) is 7.11 Å². The van der Waals surface area contributed by atoms with Gasteiger partial charge in [-0.25, -0.2) is 0 Å². The molecule has 1 aromatic carbocycles. The van der Waals surface area contributed by atoms with Gasteiger partial charge in [-0.2, -0.15) is 0 Å². The number of ether oxygens (including phenoxy) is 1. The molecule has 1 rings (SSSR count). The highest BCUT2D eigenvalue weighted by Gasteiger charge is 2.11. The van der Waals surface area contributed by atoms with Gasteiger partial charge in [-0.1, -0.05) is 28.1 Å². The third-order valence-electron chi connectivity index (χ3n) is 2.39. The predicted octanol–water partition coefficient (Wildman–Crippen LogP) is 2.41. The molecule has 0 bridgehead atoms. The van der Waals surface area contributed by atoms with Gasteiger partial charge in [-0.15, -0.1) is 0 Å². The van der Waals surface area contributed by atoms with Crippen LogP contribution < -0.4 is 5.32 Å². The molecule has 0 amide bonds. The summed E-state index contributed by atoms with van der Waals surface area (Å²) < 4.78 is 5.73. The Hall–Kier alpha value is -0.870. The summed E-state index contributed by atoms with van der Waals surface area (Å²) in [5.41, 5.74) is 2.33. The third kappa shape index (κ3) is 3.61. The van der Waals surface area contributed by atoms with Gasteiger partial charge in [-0.3, -0.25) is 4.79 Å². The van der Waals surface area contributed by atoms with Crippen LogP contribution in [0.1, 0.15) is 18.1 Å². The second-order valence-electron chi connectivity index (χ2n) is 3.71. The molecule has 0 saturated carbocycles. The monoisotopic (exact) mass is 285 g/mol. The highest BCUT2D eigenvalue weighted by molar-refractivity contribution is 9.10. The van der Waals surface area contributed by atoms with E-state index in [4.69, 9.17) is 0 Å². The quantitative estimate of drug-likeness (QED) is 0.864. The van der Waals surface area contributed by atoms with Gasteiger partial charge in [0.25, 0.3) is 0 Å². The molecule has 16 heavy (non-hydrogen) atoms. The number of carbonyl (C=O) groups excluding carboxylic acids is 1. The van der Waals surface area contributed by atoms with Crippen molar-refractivity contribution in [3.63, 3.8) is 0 Å². The van der Waals surface area contributed by atoms with Crippen LogP contribution >= 0.6 is 15.9 Å². The number of aryl methyl sites for hydroxylation is 1. The number of hydrogen-bond donors (Lipinski definition) is 1. The van der Waals surface area contributed by atoms with Crippen molar-refractivity contribution < 1.29 is 9.53 Å². The van der Waals surface area contributed by atoms with Crippen LogP contribution in [0.4, 0.5) is 0 Å².